The Kier molecular flexibility index (Phi) is 3.18. The van der Waals surface area contributed by atoms with Gasteiger partial charge in [0.2, 0.25) is 0 Å². The van der Waals surface area contributed by atoms with Gasteiger partial charge in [0.25, 0.3) is 0 Å². The third-order valence-electron chi connectivity index (χ3n) is 3.84. The van der Waals surface area contributed by atoms with E-state index in [2.05, 4.69) is 28.9 Å². The number of halogens is 2. The Labute approximate surface area is 137 Å². The Morgan fingerprint density at radius 1 is 1.14 bits per heavy atom. The second-order valence-corrected chi connectivity index (χ2v) is 7.08. The van der Waals surface area contributed by atoms with Crippen LogP contribution in [0.4, 0.5) is 0 Å². The lowest BCUT2D eigenvalue weighted by Crippen LogP contribution is -2.20. The maximum Gasteiger partial charge on any atom is 0.168 e. The van der Waals surface area contributed by atoms with Gasteiger partial charge in [0.1, 0.15) is 0 Å². The van der Waals surface area contributed by atoms with Crippen molar-refractivity contribution >= 4 is 56.6 Å². The van der Waals surface area contributed by atoms with Crippen LogP contribution in [0, 0.1) is 0 Å². The number of thioether (sulfide) groups is 1. The molecule has 0 saturated carbocycles. The van der Waals surface area contributed by atoms with Gasteiger partial charge in [-0.2, -0.15) is 0 Å². The normalized spacial score (nSPS) is 17.7. The average molecular weight is 335 g/mol. The Bertz CT molecular complexity index is 818. The van der Waals surface area contributed by atoms with Crippen molar-refractivity contribution in [2.24, 2.45) is 4.99 Å². The summed E-state index contributed by atoms with van der Waals surface area (Å²) in [6, 6.07) is 9.95. The van der Waals surface area contributed by atoms with Crippen molar-refractivity contribution in [3.05, 3.63) is 50.8 Å². The summed E-state index contributed by atoms with van der Waals surface area (Å²) < 4.78 is 0. The molecule has 2 heterocycles. The van der Waals surface area contributed by atoms with Crippen LogP contribution in [0.3, 0.4) is 0 Å². The molecule has 0 bridgehead atoms. The highest BCUT2D eigenvalue weighted by Crippen LogP contribution is 2.44. The zero-order valence-electron chi connectivity index (χ0n) is 11.4. The molecule has 0 radical (unpaired) electrons. The van der Waals surface area contributed by atoms with Crippen LogP contribution in [0.2, 0.25) is 10.0 Å². The summed E-state index contributed by atoms with van der Waals surface area (Å²) in [5.41, 5.74) is 2.41. The third kappa shape index (κ3) is 1.99. The summed E-state index contributed by atoms with van der Waals surface area (Å²) in [5.74, 6) is 0. The molecule has 2 aromatic carbocycles. The van der Waals surface area contributed by atoms with Gasteiger partial charge in [-0.25, -0.2) is 0 Å². The summed E-state index contributed by atoms with van der Waals surface area (Å²) in [7, 11) is 0. The maximum absolute atomic E-state index is 6.35. The van der Waals surface area contributed by atoms with E-state index in [-0.39, 0.29) is 0 Å². The van der Waals surface area contributed by atoms with Crippen molar-refractivity contribution in [1.29, 1.82) is 0 Å². The number of allylic oxidation sites excluding steroid dienone is 1. The molecule has 0 aromatic heterocycles. The van der Waals surface area contributed by atoms with Gasteiger partial charge < -0.3 is 4.90 Å². The van der Waals surface area contributed by atoms with Crippen LogP contribution in [0.25, 0.3) is 16.5 Å². The van der Waals surface area contributed by atoms with Crippen molar-refractivity contribution in [2.75, 3.05) is 13.1 Å². The third-order valence-corrected chi connectivity index (χ3v) is 5.50. The number of rotatable bonds is 1. The van der Waals surface area contributed by atoms with Crippen LogP contribution >= 0.6 is 35.0 Å². The van der Waals surface area contributed by atoms with E-state index in [0.29, 0.717) is 10.0 Å². The lowest BCUT2D eigenvalue weighted by atomic mass is 10.0. The molecular formula is C16H12Cl2N2S. The zero-order chi connectivity index (χ0) is 14.6. The van der Waals surface area contributed by atoms with Gasteiger partial charge in [-0.1, -0.05) is 53.2 Å². The summed E-state index contributed by atoms with van der Waals surface area (Å²) in [6.07, 6.45) is 0. The minimum Gasteiger partial charge on any atom is -0.318 e. The first kappa shape index (κ1) is 13.5. The maximum atomic E-state index is 6.35. The largest absolute Gasteiger partial charge is 0.318 e. The van der Waals surface area contributed by atoms with E-state index in [4.69, 9.17) is 23.2 Å². The SMILES string of the molecule is CC1=C(c2ccc(Cl)c3c(Cl)cccc23)N2CCN=C2S1. The molecule has 106 valence electrons. The molecule has 2 nitrogen and oxygen atoms in total. The van der Waals surface area contributed by atoms with Gasteiger partial charge in [0, 0.05) is 32.4 Å². The van der Waals surface area contributed by atoms with Crippen molar-refractivity contribution in [3.8, 4) is 0 Å². The van der Waals surface area contributed by atoms with Gasteiger partial charge in [-0.15, -0.1) is 0 Å². The van der Waals surface area contributed by atoms with E-state index in [0.717, 1.165) is 29.0 Å². The standard InChI is InChI=1S/C16H12Cl2N2S/c1-9-15(20-8-7-19-16(20)21-9)11-5-6-13(18)14-10(11)3-2-4-12(14)17/h2-6H,7-8H2,1H3. The van der Waals surface area contributed by atoms with Crippen LogP contribution in [-0.4, -0.2) is 23.2 Å². The number of fused-ring (bicyclic) bond motifs is 2. The summed E-state index contributed by atoms with van der Waals surface area (Å²) in [6.45, 7) is 3.96. The van der Waals surface area contributed by atoms with Crippen LogP contribution in [-0.2, 0) is 0 Å². The van der Waals surface area contributed by atoms with E-state index < -0.39 is 0 Å². The number of hydrogen-bond donors (Lipinski definition) is 0. The first-order valence-corrected chi connectivity index (χ1v) is 8.32. The molecule has 0 aliphatic carbocycles. The number of aliphatic imine (C=N–C) groups is 1. The number of hydrogen-bond acceptors (Lipinski definition) is 3. The molecule has 2 aromatic rings. The fraction of sp³-hybridized carbons (Fsp3) is 0.188. The van der Waals surface area contributed by atoms with E-state index in [1.165, 1.54) is 16.2 Å². The van der Waals surface area contributed by atoms with Gasteiger partial charge >= 0.3 is 0 Å². The minimum absolute atomic E-state index is 0.693. The Morgan fingerprint density at radius 2 is 1.95 bits per heavy atom. The average Bonchev–Trinajstić information content (AvgIpc) is 3.00. The number of benzene rings is 2. The number of amidine groups is 1. The van der Waals surface area contributed by atoms with E-state index in [9.17, 15) is 0 Å². The highest BCUT2D eigenvalue weighted by Gasteiger charge is 2.31. The Hall–Kier alpha value is -1.16. The Balaban J connectivity index is 2.00. The molecule has 0 N–H and O–H groups in total. The van der Waals surface area contributed by atoms with E-state index >= 15 is 0 Å². The molecule has 0 spiro atoms. The van der Waals surface area contributed by atoms with Crippen LogP contribution in [0.15, 0.2) is 40.2 Å². The molecule has 5 heteroatoms. The first-order chi connectivity index (χ1) is 10.2. The minimum atomic E-state index is 0.693. The van der Waals surface area contributed by atoms with Gasteiger partial charge in [-0.05, 0) is 24.4 Å². The second-order valence-electron chi connectivity index (χ2n) is 5.08. The van der Waals surface area contributed by atoms with Crippen molar-refractivity contribution in [1.82, 2.24) is 4.90 Å². The zero-order valence-corrected chi connectivity index (χ0v) is 13.7. The predicted molar refractivity (Wildman–Crippen MR) is 93.2 cm³/mol. The van der Waals surface area contributed by atoms with E-state index in [1.54, 1.807) is 11.8 Å². The highest BCUT2D eigenvalue weighted by atomic mass is 35.5. The van der Waals surface area contributed by atoms with Crippen molar-refractivity contribution in [3.63, 3.8) is 0 Å². The van der Waals surface area contributed by atoms with Crippen molar-refractivity contribution in [2.45, 2.75) is 6.92 Å². The molecule has 0 saturated heterocycles. The van der Waals surface area contributed by atoms with Crippen LogP contribution in [0.5, 0.6) is 0 Å². The smallest absolute Gasteiger partial charge is 0.168 e. The molecule has 0 atom stereocenters. The fourth-order valence-electron chi connectivity index (χ4n) is 2.96. The molecule has 4 rings (SSSR count). The molecule has 0 amide bonds. The molecule has 0 fully saturated rings. The predicted octanol–water partition coefficient (Wildman–Crippen LogP) is 5.25. The quantitative estimate of drug-likeness (QED) is 0.707. The molecule has 2 aliphatic rings. The lowest BCUT2D eigenvalue weighted by Gasteiger charge is -2.19. The monoisotopic (exact) mass is 334 g/mol. The molecule has 0 unspecified atom stereocenters. The molecule has 2 aliphatic heterocycles. The Morgan fingerprint density at radius 3 is 2.81 bits per heavy atom. The lowest BCUT2D eigenvalue weighted by molar-refractivity contribution is 0.648. The van der Waals surface area contributed by atoms with Gasteiger partial charge in [0.05, 0.1) is 12.2 Å². The van der Waals surface area contributed by atoms with Crippen molar-refractivity contribution < 1.29 is 0 Å². The van der Waals surface area contributed by atoms with E-state index in [1.807, 2.05) is 18.2 Å². The van der Waals surface area contributed by atoms with Crippen LogP contribution < -0.4 is 0 Å². The summed E-state index contributed by atoms with van der Waals surface area (Å²) >= 11 is 14.4. The second kappa shape index (κ2) is 4.94. The van der Waals surface area contributed by atoms with Crippen LogP contribution in [0.1, 0.15) is 12.5 Å². The topological polar surface area (TPSA) is 15.6 Å². The fourth-order valence-corrected chi connectivity index (χ4v) is 4.59. The highest BCUT2D eigenvalue weighted by molar-refractivity contribution is 8.17. The van der Waals surface area contributed by atoms with Gasteiger partial charge in [0.15, 0.2) is 5.17 Å². The van der Waals surface area contributed by atoms with Gasteiger partial charge in [-0.3, -0.25) is 4.99 Å². The summed E-state index contributed by atoms with van der Waals surface area (Å²) in [4.78, 5) is 8.12. The molecular weight excluding hydrogens is 323 g/mol. The first-order valence-electron chi connectivity index (χ1n) is 6.74. The summed E-state index contributed by atoms with van der Waals surface area (Å²) in [5, 5.41) is 4.51. The molecule has 21 heavy (non-hydrogen) atoms. The number of nitrogens with zero attached hydrogens (tertiary/aromatic N) is 2.